The molecule has 0 spiro atoms. The molecule has 1 aliphatic heterocycles. The summed E-state index contributed by atoms with van der Waals surface area (Å²) in [6.07, 6.45) is 0. The monoisotopic (exact) mass is 374 g/mol. The van der Waals surface area contributed by atoms with Crippen molar-refractivity contribution in [3.8, 4) is 5.75 Å². The van der Waals surface area contributed by atoms with E-state index in [0.29, 0.717) is 13.2 Å². The fraction of sp³-hybridized carbons (Fsp3) is 0.278. The second kappa shape index (κ2) is 7.15. The third-order valence-corrected chi connectivity index (χ3v) is 4.73. The van der Waals surface area contributed by atoms with Crippen molar-refractivity contribution in [1.82, 2.24) is 4.90 Å². The maximum Gasteiger partial charge on any atom is 0.238 e. The van der Waals surface area contributed by atoms with Crippen molar-refractivity contribution in [2.75, 3.05) is 25.0 Å². The first-order chi connectivity index (χ1) is 11.1. The lowest BCUT2D eigenvalue weighted by Crippen LogP contribution is -2.34. The van der Waals surface area contributed by atoms with Gasteiger partial charge in [0.1, 0.15) is 12.4 Å². The van der Waals surface area contributed by atoms with E-state index in [1.54, 1.807) is 0 Å². The van der Waals surface area contributed by atoms with Crippen LogP contribution in [0.3, 0.4) is 0 Å². The number of carbonyl (C=O) groups is 1. The minimum absolute atomic E-state index is 0.00824. The molecule has 4 nitrogen and oxygen atoms in total. The van der Waals surface area contributed by atoms with Crippen molar-refractivity contribution in [2.45, 2.75) is 13.5 Å². The number of nitrogens with one attached hydrogen (secondary N) is 1. The molecule has 0 aromatic heterocycles. The lowest BCUT2D eigenvalue weighted by Gasteiger charge is -2.18. The molecule has 3 rings (SSSR count). The molecule has 0 fully saturated rings. The summed E-state index contributed by atoms with van der Waals surface area (Å²) < 4.78 is 6.77. The summed E-state index contributed by atoms with van der Waals surface area (Å²) in [5.74, 6) is 0.907. The number of halogens is 1. The van der Waals surface area contributed by atoms with Crippen LogP contribution < -0.4 is 10.1 Å². The van der Waals surface area contributed by atoms with Crippen molar-refractivity contribution in [3.05, 3.63) is 58.1 Å². The van der Waals surface area contributed by atoms with E-state index in [1.165, 1.54) is 0 Å². The summed E-state index contributed by atoms with van der Waals surface area (Å²) in [4.78, 5) is 14.4. The Labute approximate surface area is 144 Å². The fourth-order valence-corrected chi connectivity index (χ4v) is 2.89. The quantitative estimate of drug-likeness (QED) is 0.892. The van der Waals surface area contributed by atoms with Crippen molar-refractivity contribution in [3.63, 3.8) is 0 Å². The van der Waals surface area contributed by atoms with Crippen LogP contribution in [0.4, 0.5) is 5.69 Å². The van der Waals surface area contributed by atoms with Gasteiger partial charge in [-0.2, -0.15) is 0 Å². The van der Waals surface area contributed by atoms with Gasteiger partial charge in [-0.25, -0.2) is 0 Å². The molecule has 0 aliphatic carbocycles. The predicted octanol–water partition coefficient (Wildman–Crippen LogP) is 3.59. The van der Waals surface area contributed by atoms with E-state index in [1.807, 2.05) is 49.4 Å². The van der Waals surface area contributed by atoms with Crippen LogP contribution in [0.1, 0.15) is 11.1 Å². The zero-order chi connectivity index (χ0) is 16.2. The summed E-state index contributed by atoms with van der Waals surface area (Å²) in [5, 5.41) is 2.96. The molecule has 1 amide bonds. The van der Waals surface area contributed by atoms with Gasteiger partial charge in [-0.3, -0.25) is 9.69 Å². The molecule has 0 saturated carbocycles. The second-order valence-electron chi connectivity index (χ2n) is 5.68. The van der Waals surface area contributed by atoms with E-state index in [4.69, 9.17) is 4.74 Å². The highest BCUT2D eigenvalue weighted by atomic mass is 79.9. The van der Waals surface area contributed by atoms with Gasteiger partial charge in [-0.05, 0) is 36.8 Å². The van der Waals surface area contributed by atoms with E-state index in [0.717, 1.165) is 40.1 Å². The number of anilines is 1. The van der Waals surface area contributed by atoms with E-state index in [-0.39, 0.29) is 5.91 Å². The molecule has 1 aliphatic rings. The van der Waals surface area contributed by atoms with Crippen molar-refractivity contribution < 1.29 is 9.53 Å². The van der Waals surface area contributed by atoms with Crippen LogP contribution in [-0.4, -0.2) is 30.5 Å². The van der Waals surface area contributed by atoms with Crippen molar-refractivity contribution >= 4 is 27.5 Å². The number of carbonyl (C=O) groups excluding carboxylic acids is 1. The molecular formula is C18H19BrN2O2. The maximum absolute atomic E-state index is 12.3. The lowest BCUT2D eigenvalue weighted by atomic mass is 10.2. The summed E-state index contributed by atoms with van der Waals surface area (Å²) in [6.45, 7) is 4.42. The van der Waals surface area contributed by atoms with Crippen LogP contribution in [0.5, 0.6) is 5.75 Å². The van der Waals surface area contributed by atoms with E-state index < -0.39 is 0 Å². The molecule has 2 aromatic rings. The smallest absolute Gasteiger partial charge is 0.238 e. The minimum atomic E-state index is -0.00824. The standard InChI is InChI=1S/C18H19BrN2O2/c1-13-10-15(6-7-16(13)19)20-18(22)12-21-8-9-23-17-5-3-2-4-14(17)11-21/h2-7,10H,8-9,11-12H2,1H3,(H,20,22). The molecular weight excluding hydrogens is 356 g/mol. The molecule has 1 N–H and O–H groups in total. The molecule has 0 radical (unpaired) electrons. The van der Waals surface area contributed by atoms with Gasteiger partial charge in [0.15, 0.2) is 0 Å². The van der Waals surface area contributed by atoms with E-state index >= 15 is 0 Å². The summed E-state index contributed by atoms with van der Waals surface area (Å²) in [7, 11) is 0. The highest BCUT2D eigenvalue weighted by Crippen LogP contribution is 2.23. The topological polar surface area (TPSA) is 41.6 Å². The van der Waals surface area contributed by atoms with Crippen LogP contribution in [-0.2, 0) is 11.3 Å². The first-order valence-electron chi connectivity index (χ1n) is 7.61. The highest BCUT2D eigenvalue weighted by Gasteiger charge is 2.17. The second-order valence-corrected chi connectivity index (χ2v) is 6.53. The van der Waals surface area contributed by atoms with E-state index in [9.17, 15) is 4.79 Å². The zero-order valence-corrected chi connectivity index (χ0v) is 14.6. The van der Waals surface area contributed by atoms with Gasteiger partial charge in [0.05, 0.1) is 6.54 Å². The Balaban J connectivity index is 1.62. The average Bonchev–Trinajstić information content (AvgIpc) is 2.72. The summed E-state index contributed by atoms with van der Waals surface area (Å²) in [5.41, 5.74) is 3.04. The number of ether oxygens (including phenoxy) is 1. The number of para-hydroxylation sites is 1. The molecule has 1 heterocycles. The number of hydrogen-bond acceptors (Lipinski definition) is 3. The average molecular weight is 375 g/mol. The number of hydrogen-bond donors (Lipinski definition) is 1. The number of benzene rings is 2. The molecule has 23 heavy (non-hydrogen) atoms. The third-order valence-electron chi connectivity index (χ3n) is 3.84. The fourth-order valence-electron chi connectivity index (χ4n) is 2.64. The Bertz CT molecular complexity index is 718. The predicted molar refractivity (Wildman–Crippen MR) is 94.7 cm³/mol. The van der Waals surface area contributed by atoms with Crippen LogP contribution >= 0.6 is 15.9 Å². The van der Waals surface area contributed by atoms with Crippen molar-refractivity contribution in [2.24, 2.45) is 0 Å². The number of rotatable bonds is 3. The molecule has 0 atom stereocenters. The zero-order valence-electron chi connectivity index (χ0n) is 13.0. The van der Waals surface area contributed by atoms with Gasteiger partial charge >= 0.3 is 0 Å². The Morgan fingerprint density at radius 1 is 1.30 bits per heavy atom. The first kappa shape index (κ1) is 16.0. The minimum Gasteiger partial charge on any atom is -0.492 e. The molecule has 0 saturated heterocycles. The van der Waals surface area contributed by atoms with Crippen molar-refractivity contribution in [1.29, 1.82) is 0 Å². The summed E-state index contributed by atoms with van der Waals surface area (Å²) in [6, 6.07) is 13.8. The third kappa shape index (κ3) is 4.12. The Morgan fingerprint density at radius 2 is 2.13 bits per heavy atom. The van der Waals surface area contributed by atoms with Crippen LogP contribution in [0.25, 0.3) is 0 Å². The van der Waals surface area contributed by atoms with Gasteiger partial charge in [0.25, 0.3) is 0 Å². The van der Waals surface area contributed by atoms with Crippen LogP contribution in [0.2, 0.25) is 0 Å². The first-order valence-corrected chi connectivity index (χ1v) is 8.40. The van der Waals surface area contributed by atoms with Gasteiger partial charge in [0, 0.05) is 28.8 Å². The molecule has 0 unspecified atom stereocenters. The van der Waals surface area contributed by atoms with Gasteiger partial charge < -0.3 is 10.1 Å². The Morgan fingerprint density at radius 3 is 2.96 bits per heavy atom. The molecule has 5 heteroatoms. The summed E-state index contributed by atoms with van der Waals surface area (Å²) >= 11 is 3.46. The Hall–Kier alpha value is -1.85. The number of nitrogens with zero attached hydrogens (tertiary/aromatic N) is 1. The van der Waals surface area contributed by atoms with Gasteiger partial charge in [0.2, 0.25) is 5.91 Å². The molecule has 0 bridgehead atoms. The van der Waals surface area contributed by atoms with E-state index in [2.05, 4.69) is 26.1 Å². The maximum atomic E-state index is 12.3. The number of fused-ring (bicyclic) bond motifs is 1. The van der Waals surface area contributed by atoms with Crippen LogP contribution in [0.15, 0.2) is 46.9 Å². The Kier molecular flexibility index (Phi) is 4.98. The number of aryl methyl sites for hydroxylation is 1. The number of amides is 1. The van der Waals surface area contributed by atoms with Gasteiger partial charge in [-0.15, -0.1) is 0 Å². The highest BCUT2D eigenvalue weighted by molar-refractivity contribution is 9.10. The SMILES string of the molecule is Cc1cc(NC(=O)CN2CCOc3ccccc3C2)ccc1Br. The molecule has 2 aromatic carbocycles. The largest absolute Gasteiger partial charge is 0.492 e. The lowest BCUT2D eigenvalue weighted by molar-refractivity contribution is -0.117. The van der Waals surface area contributed by atoms with Gasteiger partial charge in [-0.1, -0.05) is 34.1 Å². The normalized spacial score (nSPS) is 14.5. The molecule has 120 valence electrons. The van der Waals surface area contributed by atoms with Crippen LogP contribution in [0, 0.1) is 6.92 Å².